The number of rotatable bonds is 5. The summed E-state index contributed by atoms with van der Waals surface area (Å²) >= 11 is 0. The number of piperidine rings is 1. The Balaban J connectivity index is 1.34. The molecule has 2 aliphatic rings. The minimum absolute atomic E-state index is 0.187. The highest BCUT2D eigenvalue weighted by atomic mass is 32.2. The topological polar surface area (TPSA) is 69.6 Å². The Kier molecular flexibility index (Phi) is 6.19. The zero-order valence-electron chi connectivity index (χ0n) is 17.2. The van der Waals surface area contributed by atoms with Gasteiger partial charge in [-0.25, -0.2) is 12.8 Å². The summed E-state index contributed by atoms with van der Waals surface area (Å²) in [7, 11) is -3.49. The molecule has 0 aliphatic carbocycles. The number of nitrogens with zero attached hydrogens (tertiary/aromatic N) is 5. The fourth-order valence-corrected chi connectivity index (χ4v) is 5.52. The SMILES string of the molecule is CC1CCN(c2ccc(N3CCN(S(=O)(=O)Cc4cccc(F)c4)CC3)nn2)CC1. The van der Waals surface area contributed by atoms with E-state index in [9.17, 15) is 12.8 Å². The summed E-state index contributed by atoms with van der Waals surface area (Å²) in [4.78, 5) is 4.33. The van der Waals surface area contributed by atoms with Crippen molar-refractivity contribution in [3.8, 4) is 0 Å². The molecule has 2 aromatic rings. The second-order valence-electron chi connectivity index (χ2n) is 8.19. The molecule has 0 atom stereocenters. The molecule has 4 rings (SSSR count). The van der Waals surface area contributed by atoms with E-state index in [1.807, 2.05) is 12.1 Å². The first-order chi connectivity index (χ1) is 14.4. The molecule has 9 heteroatoms. The van der Waals surface area contributed by atoms with Crippen molar-refractivity contribution < 1.29 is 12.8 Å². The van der Waals surface area contributed by atoms with Gasteiger partial charge in [0.1, 0.15) is 5.82 Å². The van der Waals surface area contributed by atoms with Crippen LogP contribution in [-0.4, -0.2) is 62.2 Å². The van der Waals surface area contributed by atoms with Crippen LogP contribution in [0.2, 0.25) is 0 Å². The van der Waals surface area contributed by atoms with E-state index in [0.29, 0.717) is 31.7 Å². The Bertz CT molecular complexity index is 954. The first kappa shape index (κ1) is 21.0. The van der Waals surface area contributed by atoms with Gasteiger partial charge in [0.25, 0.3) is 0 Å². The molecule has 0 radical (unpaired) electrons. The van der Waals surface area contributed by atoms with Gasteiger partial charge in [0.2, 0.25) is 10.0 Å². The summed E-state index contributed by atoms with van der Waals surface area (Å²) in [5.74, 6) is 1.83. The lowest BCUT2D eigenvalue weighted by molar-refractivity contribution is 0.383. The van der Waals surface area contributed by atoms with E-state index < -0.39 is 15.8 Å². The minimum Gasteiger partial charge on any atom is -0.355 e. The molecule has 0 unspecified atom stereocenters. The van der Waals surface area contributed by atoms with Crippen molar-refractivity contribution in [1.29, 1.82) is 0 Å². The van der Waals surface area contributed by atoms with Crippen molar-refractivity contribution in [2.24, 2.45) is 5.92 Å². The molecule has 2 saturated heterocycles. The highest BCUT2D eigenvalue weighted by Crippen LogP contribution is 2.23. The lowest BCUT2D eigenvalue weighted by atomic mass is 9.99. The minimum atomic E-state index is -3.49. The molecule has 2 fully saturated rings. The van der Waals surface area contributed by atoms with Crippen LogP contribution in [-0.2, 0) is 15.8 Å². The number of halogens is 1. The van der Waals surface area contributed by atoms with Gasteiger partial charge < -0.3 is 9.80 Å². The van der Waals surface area contributed by atoms with E-state index in [0.717, 1.165) is 30.6 Å². The molecule has 2 aliphatic heterocycles. The van der Waals surface area contributed by atoms with Gasteiger partial charge in [-0.1, -0.05) is 19.1 Å². The van der Waals surface area contributed by atoms with Gasteiger partial charge in [0.15, 0.2) is 11.6 Å². The number of aromatic nitrogens is 2. The molecule has 1 aromatic heterocycles. The predicted molar refractivity (Wildman–Crippen MR) is 115 cm³/mol. The van der Waals surface area contributed by atoms with Gasteiger partial charge in [-0.15, -0.1) is 10.2 Å². The van der Waals surface area contributed by atoms with Gasteiger partial charge >= 0.3 is 0 Å². The molecule has 0 amide bonds. The van der Waals surface area contributed by atoms with E-state index >= 15 is 0 Å². The first-order valence-electron chi connectivity index (χ1n) is 10.5. The van der Waals surface area contributed by atoms with Crippen molar-refractivity contribution in [2.45, 2.75) is 25.5 Å². The van der Waals surface area contributed by atoms with Crippen LogP contribution in [0.15, 0.2) is 36.4 Å². The maximum atomic E-state index is 13.4. The lowest BCUT2D eigenvalue weighted by Crippen LogP contribution is -2.49. The number of hydrogen-bond donors (Lipinski definition) is 0. The van der Waals surface area contributed by atoms with Gasteiger partial charge in [-0.2, -0.15) is 4.31 Å². The van der Waals surface area contributed by atoms with Crippen LogP contribution in [0.1, 0.15) is 25.3 Å². The third-order valence-electron chi connectivity index (χ3n) is 5.94. The van der Waals surface area contributed by atoms with Crippen LogP contribution in [0.3, 0.4) is 0 Å². The van der Waals surface area contributed by atoms with Crippen LogP contribution in [0, 0.1) is 11.7 Å². The Hall–Kier alpha value is -2.26. The van der Waals surface area contributed by atoms with E-state index in [2.05, 4.69) is 26.9 Å². The third-order valence-corrected chi connectivity index (χ3v) is 7.79. The first-order valence-corrected chi connectivity index (χ1v) is 12.1. The van der Waals surface area contributed by atoms with E-state index in [1.54, 1.807) is 6.07 Å². The maximum absolute atomic E-state index is 13.4. The average molecular weight is 434 g/mol. The molecular formula is C21H28FN5O2S. The quantitative estimate of drug-likeness (QED) is 0.722. The number of benzene rings is 1. The molecule has 0 saturated carbocycles. The number of sulfonamides is 1. The predicted octanol–water partition coefficient (Wildman–Crippen LogP) is 2.50. The average Bonchev–Trinajstić information content (AvgIpc) is 2.74. The standard InChI is InChI=1S/C21H28FN5O2S/c1-17-7-9-25(10-8-17)20-5-6-21(24-23-20)26-11-13-27(14-12-26)30(28,29)16-18-3-2-4-19(22)15-18/h2-6,15,17H,7-14,16H2,1H3. The molecular weight excluding hydrogens is 405 g/mol. The maximum Gasteiger partial charge on any atom is 0.218 e. The Morgan fingerprint density at radius 2 is 1.53 bits per heavy atom. The summed E-state index contributed by atoms with van der Waals surface area (Å²) in [6, 6.07) is 9.73. The zero-order valence-corrected chi connectivity index (χ0v) is 18.1. The van der Waals surface area contributed by atoms with E-state index in [4.69, 9.17) is 0 Å². The molecule has 7 nitrogen and oxygen atoms in total. The van der Waals surface area contributed by atoms with Gasteiger partial charge in [0.05, 0.1) is 5.75 Å². The summed E-state index contributed by atoms with van der Waals surface area (Å²) in [6.45, 7) is 6.17. The van der Waals surface area contributed by atoms with Crippen LogP contribution in [0.4, 0.5) is 16.0 Å². The largest absolute Gasteiger partial charge is 0.355 e. The van der Waals surface area contributed by atoms with Crippen molar-refractivity contribution >= 4 is 21.7 Å². The van der Waals surface area contributed by atoms with Crippen LogP contribution < -0.4 is 9.80 Å². The summed E-state index contributed by atoms with van der Waals surface area (Å²) in [5, 5.41) is 8.79. The Morgan fingerprint density at radius 1 is 0.933 bits per heavy atom. The van der Waals surface area contributed by atoms with Gasteiger partial charge in [0, 0.05) is 39.3 Å². The fraction of sp³-hybridized carbons (Fsp3) is 0.524. The summed E-state index contributed by atoms with van der Waals surface area (Å²) in [6.07, 6.45) is 2.35. The normalized spacial score (nSPS) is 19.3. The van der Waals surface area contributed by atoms with Gasteiger partial charge in [-0.05, 0) is 48.6 Å². The molecule has 0 N–H and O–H groups in total. The highest BCUT2D eigenvalue weighted by molar-refractivity contribution is 7.88. The monoisotopic (exact) mass is 433 g/mol. The van der Waals surface area contributed by atoms with Crippen molar-refractivity contribution in [3.05, 3.63) is 47.8 Å². The number of anilines is 2. The molecule has 0 spiro atoms. The van der Waals surface area contributed by atoms with Crippen molar-refractivity contribution in [1.82, 2.24) is 14.5 Å². The second-order valence-corrected chi connectivity index (χ2v) is 10.2. The van der Waals surface area contributed by atoms with E-state index in [-0.39, 0.29) is 5.75 Å². The summed E-state index contributed by atoms with van der Waals surface area (Å²) in [5.41, 5.74) is 0.464. The number of piperazine rings is 1. The smallest absolute Gasteiger partial charge is 0.218 e. The highest BCUT2D eigenvalue weighted by Gasteiger charge is 2.28. The van der Waals surface area contributed by atoms with Crippen LogP contribution >= 0.6 is 0 Å². The fourth-order valence-electron chi connectivity index (χ4n) is 4.02. The second kappa shape index (κ2) is 8.85. The lowest BCUT2D eigenvalue weighted by Gasteiger charge is -2.35. The zero-order chi connectivity index (χ0) is 21.1. The van der Waals surface area contributed by atoms with Crippen LogP contribution in [0.5, 0.6) is 0 Å². The van der Waals surface area contributed by atoms with E-state index in [1.165, 1.54) is 35.3 Å². The van der Waals surface area contributed by atoms with Crippen LogP contribution in [0.25, 0.3) is 0 Å². The number of hydrogen-bond acceptors (Lipinski definition) is 6. The van der Waals surface area contributed by atoms with Crippen molar-refractivity contribution in [3.63, 3.8) is 0 Å². The molecule has 1 aromatic carbocycles. The summed E-state index contributed by atoms with van der Waals surface area (Å²) < 4.78 is 40.2. The Labute approximate surface area is 177 Å². The molecule has 0 bridgehead atoms. The Morgan fingerprint density at radius 3 is 2.10 bits per heavy atom. The third kappa shape index (κ3) is 4.89. The van der Waals surface area contributed by atoms with Crippen molar-refractivity contribution in [2.75, 3.05) is 49.1 Å². The molecule has 30 heavy (non-hydrogen) atoms. The molecule has 3 heterocycles. The molecule has 162 valence electrons. The van der Waals surface area contributed by atoms with Gasteiger partial charge in [-0.3, -0.25) is 0 Å².